The lowest BCUT2D eigenvalue weighted by Gasteiger charge is -2.05. The van der Waals surface area contributed by atoms with E-state index in [0.717, 1.165) is 22.7 Å². The molecule has 0 saturated heterocycles. The Balaban J connectivity index is 2.08. The highest BCUT2D eigenvalue weighted by Crippen LogP contribution is 2.15. The van der Waals surface area contributed by atoms with E-state index in [1.807, 2.05) is 19.9 Å². The lowest BCUT2D eigenvalue weighted by Crippen LogP contribution is -2.02. The minimum atomic E-state index is 0.503. The van der Waals surface area contributed by atoms with Gasteiger partial charge in [0.2, 0.25) is 0 Å². The van der Waals surface area contributed by atoms with Crippen LogP contribution in [0.2, 0.25) is 0 Å². The summed E-state index contributed by atoms with van der Waals surface area (Å²) in [4.78, 5) is 3.93. The Kier molecular flexibility index (Phi) is 2.76. The van der Waals surface area contributed by atoms with Crippen molar-refractivity contribution in [2.45, 2.75) is 20.4 Å². The summed E-state index contributed by atoms with van der Waals surface area (Å²) in [6.07, 6.45) is 1.67. The summed E-state index contributed by atoms with van der Waals surface area (Å²) in [5.74, 6) is 1.34. The second kappa shape index (κ2) is 4.22. The molecule has 0 unspecified atom stereocenters. The summed E-state index contributed by atoms with van der Waals surface area (Å²) < 4.78 is 5.08. The van der Waals surface area contributed by atoms with Crippen LogP contribution in [0.4, 0.5) is 11.5 Å². The van der Waals surface area contributed by atoms with E-state index in [1.54, 1.807) is 12.3 Å². The van der Waals surface area contributed by atoms with Gasteiger partial charge in [0.05, 0.1) is 5.69 Å². The van der Waals surface area contributed by atoms with E-state index in [4.69, 9.17) is 10.3 Å². The van der Waals surface area contributed by atoms with Crippen LogP contribution in [-0.4, -0.2) is 10.1 Å². The molecule has 84 valence electrons. The van der Waals surface area contributed by atoms with Gasteiger partial charge in [0.15, 0.2) is 0 Å². The van der Waals surface area contributed by atoms with E-state index >= 15 is 0 Å². The molecule has 2 heterocycles. The van der Waals surface area contributed by atoms with E-state index in [0.29, 0.717) is 12.4 Å². The molecule has 2 aromatic rings. The molecule has 0 amide bonds. The Morgan fingerprint density at radius 3 is 2.88 bits per heavy atom. The molecule has 0 atom stereocenters. The van der Waals surface area contributed by atoms with E-state index in [-0.39, 0.29) is 0 Å². The first-order valence-electron chi connectivity index (χ1n) is 5.04. The molecule has 3 N–H and O–H groups in total. The fraction of sp³-hybridized carbons (Fsp3) is 0.273. The number of nitrogens with zero attached hydrogens (tertiary/aromatic N) is 2. The molecule has 0 bridgehead atoms. The maximum absolute atomic E-state index is 5.59. The van der Waals surface area contributed by atoms with Crippen LogP contribution in [-0.2, 0) is 6.54 Å². The molecular weight excluding hydrogens is 204 g/mol. The van der Waals surface area contributed by atoms with Gasteiger partial charge in [-0.25, -0.2) is 4.98 Å². The fourth-order valence-electron chi connectivity index (χ4n) is 1.50. The van der Waals surface area contributed by atoms with Gasteiger partial charge in [-0.15, -0.1) is 0 Å². The molecule has 0 aliphatic carbocycles. The van der Waals surface area contributed by atoms with Crippen molar-refractivity contribution in [3.63, 3.8) is 0 Å². The Labute approximate surface area is 93.7 Å². The van der Waals surface area contributed by atoms with Crippen LogP contribution in [0.1, 0.15) is 17.0 Å². The first-order chi connectivity index (χ1) is 7.66. The van der Waals surface area contributed by atoms with Crippen molar-refractivity contribution in [1.29, 1.82) is 0 Å². The van der Waals surface area contributed by atoms with Crippen LogP contribution >= 0.6 is 0 Å². The molecule has 0 spiro atoms. The number of aromatic nitrogens is 2. The number of rotatable bonds is 3. The average molecular weight is 218 g/mol. The molecule has 5 heteroatoms. The Hall–Kier alpha value is -2.04. The molecule has 0 saturated carbocycles. The number of hydrogen-bond acceptors (Lipinski definition) is 5. The van der Waals surface area contributed by atoms with Crippen molar-refractivity contribution in [3.8, 4) is 0 Å². The first kappa shape index (κ1) is 10.5. The predicted molar refractivity (Wildman–Crippen MR) is 62.0 cm³/mol. The van der Waals surface area contributed by atoms with E-state index in [9.17, 15) is 0 Å². The summed E-state index contributed by atoms with van der Waals surface area (Å²) in [5.41, 5.74) is 8.51. The third kappa shape index (κ3) is 2.13. The van der Waals surface area contributed by atoms with Crippen LogP contribution in [0.5, 0.6) is 0 Å². The summed E-state index contributed by atoms with van der Waals surface area (Å²) >= 11 is 0. The second-order valence-electron chi connectivity index (χ2n) is 3.63. The highest BCUT2D eigenvalue weighted by atomic mass is 16.5. The van der Waals surface area contributed by atoms with Gasteiger partial charge in [0, 0.05) is 30.1 Å². The minimum absolute atomic E-state index is 0.503. The minimum Gasteiger partial charge on any atom is -0.384 e. The van der Waals surface area contributed by atoms with Gasteiger partial charge < -0.3 is 15.6 Å². The molecule has 0 aliphatic heterocycles. The second-order valence-corrected chi connectivity index (χ2v) is 3.63. The molecular formula is C11H14N4O. The smallest absolute Gasteiger partial charge is 0.138 e. The fourth-order valence-corrected chi connectivity index (χ4v) is 1.50. The van der Waals surface area contributed by atoms with Gasteiger partial charge in [0.1, 0.15) is 11.6 Å². The number of nitrogens with one attached hydrogen (secondary N) is 1. The highest BCUT2D eigenvalue weighted by Gasteiger charge is 2.08. The molecule has 0 aromatic carbocycles. The Morgan fingerprint density at radius 2 is 2.25 bits per heavy atom. The van der Waals surface area contributed by atoms with Gasteiger partial charge >= 0.3 is 0 Å². The van der Waals surface area contributed by atoms with Gasteiger partial charge in [0.25, 0.3) is 0 Å². The van der Waals surface area contributed by atoms with Crippen molar-refractivity contribution in [3.05, 3.63) is 35.3 Å². The average Bonchev–Trinajstić information content (AvgIpc) is 2.56. The lowest BCUT2D eigenvalue weighted by atomic mass is 10.2. The van der Waals surface area contributed by atoms with Crippen LogP contribution in [0.3, 0.4) is 0 Å². The first-order valence-corrected chi connectivity index (χ1v) is 5.04. The summed E-state index contributed by atoms with van der Waals surface area (Å²) in [5, 5.41) is 7.14. The molecule has 0 aliphatic rings. The van der Waals surface area contributed by atoms with E-state index in [1.165, 1.54) is 0 Å². The monoisotopic (exact) mass is 218 g/mol. The van der Waals surface area contributed by atoms with Crippen molar-refractivity contribution >= 4 is 11.5 Å². The molecule has 16 heavy (non-hydrogen) atoms. The maximum atomic E-state index is 5.59. The normalized spacial score (nSPS) is 10.4. The van der Waals surface area contributed by atoms with Crippen molar-refractivity contribution < 1.29 is 4.52 Å². The van der Waals surface area contributed by atoms with Crippen LogP contribution in [0.25, 0.3) is 0 Å². The molecule has 0 radical (unpaired) electrons. The number of hydrogen-bond donors (Lipinski definition) is 2. The highest BCUT2D eigenvalue weighted by molar-refractivity contribution is 5.50. The SMILES string of the molecule is Cc1noc(C)c1CNc1ccnc(N)c1. The van der Waals surface area contributed by atoms with Gasteiger partial charge in [-0.2, -0.15) is 0 Å². The lowest BCUT2D eigenvalue weighted by molar-refractivity contribution is 0.392. The van der Waals surface area contributed by atoms with Gasteiger partial charge in [-0.3, -0.25) is 0 Å². The van der Waals surface area contributed by atoms with Crippen LogP contribution in [0, 0.1) is 13.8 Å². The van der Waals surface area contributed by atoms with Crippen LogP contribution < -0.4 is 11.1 Å². The Morgan fingerprint density at radius 1 is 1.44 bits per heavy atom. The van der Waals surface area contributed by atoms with E-state index < -0.39 is 0 Å². The largest absolute Gasteiger partial charge is 0.384 e. The van der Waals surface area contributed by atoms with Gasteiger partial charge in [-0.1, -0.05) is 5.16 Å². The zero-order valence-corrected chi connectivity index (χ0v) is 9.32. The molecule has 5 nitrogen and oxygen atoms in total. The Bertz CT molecular complexity index is 473. The number of nitrogen functional groups attached to an aromatic ring is 1. The van der Waals surface area contributed by atoms with Gasteiger partial charge in [-0.05, 0) is 19.9 Å². The zero-order chi connectivity index (χ0) is 11.5. The van der Waals surface area contributed by atoms with Crippen molar-refractivity contribution in [1.82, 2.24) is 10.1 Å². The number of pyridine rings is 1. The summed E-state index contributed by atoms with van der Waals surface area (Å²) in [6.45, 7) is 4.50. The molecule has 0 fully saturated rings. The predicted octanol–water partition coefficient (Wildman–Crippen LogP) is 1.88. The maximum Gasteiger partial charge on any atom is 0.138 e. The number of aryl methyl sites for hydroxylation is 2. The standard InChI is InChI=1S/C11H14N4O/c1-7-10(8(2)16-15-7)6-14-9-3-4-13-11(12)5-9/h3-5H,6H2,1-2H3,(H3,12,13,14). The number of nitrogens with two attached hydrogens (primary N) is 1. The quantitative estimate of drug-likeness (QED) is 0.822. The summed E-state index contributed by atoms with van der Waals surface area (Å²) in [7, 11) is 0. The van der Waals surface area contributed by atoms with Crippen molar-refractivity contribution in [2.24, 2.45) is 0 Å². The topological polar surface area (TPSA) is 77.0 Å². The molecule has 2 rings (SSSR count). The summed E-state index contributed by atoms with van der Waals surface area (Å²) in [6, 6.07) is 3.66. The number of anilines is 2. The van der Waals surface area contributed by atoms with Crippen molar-refractivity contribution in [2.75, 3.05) is 11.1 Å². The van der Waals surface area contributed by atoms with E-state index in [2.05, 4.69) is 15.5 Å². The molecule has 2 aromatic heterocycles. The zero-order valence-electron chi connectivity index (χ0n) is 9.32. The third-order valence-corrected chi connectivity index (χ3v) is 2.43. The van der Waals surface area contributed by atoms with Crippen LogP contribution in [0.15, 0.2) is 22.9 Å². The third-order valence-electron chi connectivity index (χ3n) is 2.43.